The second kappa shape index (κ2) is 10.6. The summed E-state index contributed by atoms with van der Waals surface area (Å²) in [5.41, 5.74) is 5.91. The third kappa shape index (κ3) is 5.27. The second-order valence-electron chi connectivity index (χ2n) is 10.2. The minimum absolute atomic E-state index is 0.390. The fraction of sp³-hybridized carbons (Fsp3) is 0.448. The van der Waals surface area contributed by atoms with Gasteiger partial charge in [-0.05, 0) is 87.1 Å². The van der Waals surface area contributed by atoms with E-state index < -0.39 is 0 Å². The molecule has 0 bridgehead atoms. The van der Waals surface area contributed by atoms with Gasteiger partial charge < -0.3 is 24.9 Å². The van der Waals surface area contributed by atoms with E-state index in [1.807, 2.05) is 0 Å². The molecule has 0 spiro atoms. The number of benzene rings is 2. The van der Waals surface area contributed by atoms with Gasteiger partial charge in [-0.2, -0.15) is 0 Å². The molecule has 1 aromatic heterocycles. The van der Waals surface area contributed by atoms with E-state index in [0.717, 1.165) is 74.5 Å². The summed E-state index contributed by atoms with van der Waals surface area (Å²) in [6, 6.07) is 17.8. The van der Waals surface area contributed by atoms with Gasteiger partial charge in [-0.1, -0.05) is 19.1 Å². The van der Waals surface area contributed by atoms with Gasteiger partial charge in [0.2, 0.25) is 0 Å². The molecule has 2 aromatic carbocycles. The van der Waals surface area contributed by atoms with Crippen LogP contribution in [-0.2, 0) is 0 Å². The minimum atomic E-state index is 0.390. The van der Waals surface area contributed by atoms with Crippen molar-refractivity contribution in [1.29, 1.82) is 0 Å². The standard InChI is InChI=1S/C29H38N6S/c1-5-32-11-13-33(14-12-32)28-18-22(3)26-19-24(9-10-27(26)31-28)30-29(36)34-15-16-35(23(4)20-34)25-8-6-7-21(2)17-25/h6-10,17-19,23H,5,11-16,20H2,1-4H3,(H,30,36)/t23-/m0/s1. The highest BCUT2D eigenvalue weighted by molar-refractivity contribution is 7.80. The van der Waals surface area contributed by atoms with Crippen LogP contribution in [0, 0.1) is 13.8 Å². The molecule has 5 rings (SSSR count). The predicted molar refractivity (Wildman–Crippen MR) is 157 cm³/mol. The summed E-state index contributed by atoms with van der Waals surface area (Å²) < 4.78 is 0. The maximum Gasteiger partial charge on any atom is 0.173 e. The van der Waals surface area contributed by atoms with Crippen molar-refractivity contribution in [2.75, 3.05) is 67.5 Å². The molecule has 3 heterocycles. The zero-order chi connectivity index (χ0) is 25.2. The Morgan fingerprint density at radius 1 is 1.00 bits per heavy atom. The van der Waals surface area contributed by atoms with Crippen molar-refractivity contribution < 1.29 is 0 Å². The smallest absolute Gasteiger partial charge is 0.173 e. The molecule has 6 nitrogen and oxygen atoms in total. The monoisotopic (exact) mass is 502 g/mol. The number of aryl methyl sites for hydroxylation is 2. The molecule has 0 radical (unpaired) electrons. The summed E-state index contributed by atoms with van der Waals surface area (Å²) in [7, 11) is 0. The molecule has 1 atom stereocenters. The van der Waals surface area contributed by atoms with Crippen molar-refractivity contribution in [3.05, 3.63) is 59.7 Å². The normalized spacial score (nSPS) is 19.1. The average Bonchev–Trinajstić information content (AvgIpc) is 2.89. The third-order valence-corrected chi connectivity index (χ3v) is 8.01. The summed E-state index contributed by atoms with van der Waals surface area (Å²) in [6.07, 6.45) is 0. The predicted octanol–water partition coefficient (Wildman–Crippen LogP) is 4.90. The number of likely N-dealkylation sites (N-methyl/N-ethyl adjacent to an activating group) is 1. The number of nitrogens with one attached hydrogen (secondary N) is 1. The Kier molecular flexibility index (Phi) is 7.30. The number of anilines is 3. The molecular weight excluding hydrogens is 464 g/mol. The highest BCUT2D eigenvalue weighted by atomic mass is 32.1. The summed E-state index contributed by atoms with van der Waals surface area (Å²) in [5, 5.41) is 5.47. The van der Waals surface area contributed by atoms with E-state index >= 15 is 0 Å². The van der Waals surface area contributed by atoms with Gasteiger partial charge in [-0.3, -0.25) is 0 Å². The molecule has 2 fully saturated rings. The first-order valence-corrected chi connectivity index (χ1v) is 13.6. The van der Waals surface area contributed by atoms with Gasteiger partial charge in [0.25, 0.3) is 0 Å². The second-order valence-corrected chi connectivity index (χ2v) is 10.6. The van der Waals surface area contributed by atoms with Crippen LogP contribution in [0.3, 0.4) is 0 Å². The molecule has 1 N–H and O–H groups in total. The Morgan fingerprint density at radius 3 is 2.53 bits per heavy atom. The van der Waals surface area contributed by atoms with Crippen LogP contribution in [0.2, 0.25) is 0 Å². The maximum absolute atomic E-state index is 5.84. The third-order valence-electron chi connectivity index (χ3n) is 7.64. The first kappa shape index (κ1) is 24.8. The fourth-order valence-corrected chi connectivity index (χ4v) is 5.73. The Morgan fingerprint density at radius 2 is 1.81 bits per heavy atom. The first-order valence-electron chi connectivity index (χ1n) is 13.2. The molecule has 0 saturated carbocycles. The van der Waals surface area contributed by atoms with E-state index in [4.69, 9.17) is 17.2 Å². The van der Waals surface area contributed by atoms with Gasteiger partial charge in [0.15, 0.2) is 5.11 Å². The van der Waals surface area contributed by atoms with Gasteiger partial charge in [0.1, 0.15) is 5.82 Å². The molecular formula is C29H38N6S. The Hall–Kier alpha value is -2.90. The van der Waals surface area contributed by atoms with Gasteiger partial charge >= 0.3 is 0 Å². The summed E-state index contributed by atoms with van der Waals surface area (Å²) in [6.45, 7) is 17.0. The lowest BCUT2D eigenvalue weighted by Gasteiger charge is -2.42. The molecule has 0 unspecified atom stereocenters. The first-order chi connectivity index (χ1) is 17.4. The van der Waals surface area contributed by atoms with E-state index in [2.05, 4.69) is 101 Å². The Bertz CT molecular complexity index is 1240. The lowest BCUT2D eigenvalue weighted by Crippen LogP contribution is -2.54. The van der Waals surface area contributed by atoms with Crippen molar-refractivity contribution in [3.63, 3.8) is 0 Å². The van der Waals surface area contributed by atoms with Crippen molar-refractivity contribution in [1.82, 2.24) is 14.8 Å². The highest BCUT2D eigenvalue weighted by Crippen LogP contribution is 2.27. The highest BCUT2D eigenvalue weighted by Gasteiger charge is 2.25. The Labute approximate surface area is 220 Å². The van der Waals surface area contributed by atoms with Gasteiger partial charge in [0.05, 0.1) is 5.52 Å². The zero-order valence-corrected chi connectivity index (χ0v) is 22.8. The number of aromatic nitrogens is 1. The summed E-state index contributed by atoms with van der Waals surface area (Å²) in [5.74, 6) is 1.09. The lowest BCUT2D eigenvalue weighted by molar-refractivity contribution is 0.270. The molecule has 190 valence electrons. The number of thiocarbonyl (C=S) groups is 1. The fourth-order valence-electron chi connectivity index (χ4n) is 5.44. The number of piperazine rings is 2. The number of fused-ring (bicyclic) bond motifs is 1. The summed E-state index contributed by atoms with van der Waals surface area (Å²) in [4.78, 5) is 14.7. The van der Waals surface area contributed by atoms with E-state index in [1.165, 1.54) is 22.2 Å². The van der Waals surface area contributed by atoms with Crippen molar-refractivity contribution in [2.24, 2.45) is 0 Å². The number of nitrogens with zero attached hydrogens (tertiary/aromatic N) is 5. The van der Waals surface area contributed by atoms with Crippen LogP contribution in [0.25, 0.3) is 10.9 Å². The van der Waals surface area contributed by atoms with E-state index in [1.54, 1.807) is 0 Å². The molecule has 3 aromatic rings. The van der Waals surface area contributed by atoms with Gasteiger partial charge in [-0.25, -0.2) is 4.98 Å². The topological polar surface area (TPSA) is 37.9 Å². The van der Waals surface area contributed by atoms with E-state index in [-0.39, 0.29) is 0 Å². The number of rotatable bonds is 4. The molecule has 0 aliphatic carbocycles. The van der Waals surface area contributed by atoms with Crippen molar-refractivity contribution >= 4 is 45.4 Å². The van der Waals surface area contributed by atoms with Crippen LogP contribution in [0.1, 0.15) is 25.0 Å². The van der Waals surface area contributed by atoms with Crippen LogP contribution in [-0.4, -0.2) is 78.3 Å². The number of pyridine rings is 1. The Balaban J connectivity index is 1.25. The van der Waals surface area contributed by atoms with Crippen molar-refractivity contribution in [2.45, 2.75) is 33.7 Å². The lowest BCUT2D eigenvalue weighted by atomic mass is 10.1. The van der Waals surface area contributed by atoms with E-state index in [9.17, 15) is 0 Å². The van der Waals surface area contributed by atoms with E-state index in [0.29, 0.717) is 6.04 Å². The summed E-state index contributed by atoms with van der Waals surface area (Å²) >= 11 is 5.84. The van der Waals surface area contributed by atoms with Crippen LogP contribution < -0.4 is 15.1 Å². The SMILES string of the molecule is CCN1CCN(c2cc(C)c3cc(NC(=S)N4CCN(c5cccc(C)c5)[C@@H](C)C4)ccc3n2)CC1. The molecule has 0 amide bonds. The molecule has 36 heavy (non-hydrogen) atoms. The molecule has 2 saturated heterocycles. The molecule has 7 heteroatoms. The van der Waals surface area contributed by atoms with Crippen LogP contribution in [0.5, 0.6) is 0 Å². The average molecular weight is 503 g/mol. The largest absolute Gasteiger partial charge is 0.365 e. The zero-order valence-electron chi connectivity index (χ0n) is 22.0. The van der Waals surface area contributed by atoms with Gasteiger partial charge in [-0.15, -0.1) is 0 Å². The number of hydrogen-bond acceptors (Lipinski definition) is 5. The van der Waals surface area contributed by atoms with Gasteiger partial charge in [0, 0.05) is 68.6 Å². The minimum Gasteiger partial charge on any atom is -0.365 e. The van der Waals surface area contributed by atoms with Crippen LogP contribution >= 0.6 is 12.2 Å². The quantitative estimate of drug-likeness (QED) is 0.509. The maximum atomic E-state index is 5.84. The van der Waals surface area contributed by atoms with Crippen molar-refractivity contribution in [3.8, 4) is 0 Å². The molecule has 2 aliphatic heterocycles. The van der Waals surface area contributed by atoms with Crippen LogP contribution in [0.4, 0.5) is 17.2 Å². The van der Waals surface area contributed by atoms with Crippen LogP contribution in [0.15, 0.2) is 48.5 Å². The molecule has 2 aliphatic rings. The number of hydrogen-bond donors (Lipinski definition) is 1.